The summed E-state index contributed by atoms with van der Waals surface area (Å²) in [5.41, 5.74) is 0.974. The third kappa shape index (κ3) is 5.17. The molecule has 4 nitrogen and oxygen atoms in total. The Bertz CT molecular complexity index is 437. The van der Waals surface area contributed by atoms with Gasteiger partial charge in [-0.15, -0.1) is 0 Å². The molecule has 0 saturated heterocycles. The van der Waals surface area contributed by atoms with Crippen molar-refractivity contribution in [1.29, 1.82) is 0 Å². The monoisotopic (exact) mass is 306 g/mol. The number of carbonyl (C=O) groups is 2. The first-order valence-electron chi connectivity index (χ1n) is 8.03. The molecule has 1 rings (SSSR count). The van der Waals surface area contributed by atoms with E-state index < -0.39 is 17.9 Å². The molecule has 0 bridgehead atoms. The van der Waals surface area contributed by atoms with E-state index in [1.807, 2.05) is 30.3 Å². The van der Waals surface area contributed by atoms with Gasteiger partial charge in [-0.1, -0.05) is 50.1 Å². The van der Waals surface area contributed by atoms with Crippen molar-refractivity contribution in [2.75, 3.05) is 13.2 Å². The lowest BCUT2D eigenvalue weighted by molar-refractivity contribution is -0.163. The van der Waals surface area contributed by atoms with Crippen LogP contribution in [0.3, 0.4) is 0 Å². The lowest BCUT2D eigenvalue weighted by atomic mass is 9.82. The molecule has 22 heavy (non-hydrogen) atoms. The van der Waals surface area contributed by atoms with Gasteiger partial charge in [-0.25, -0.2) is 0 Å². The average Bonchev–Trinajstić information content (AvgIpc) is 2.52. The van der Waals surface area contributed by atoms with Crippen LogP contribution in [0.2, 0.25) is 0 Å². The van der Waals surface area contributed by atoms with Crippen LogP contribution in [0.25, 0.3) is 0 Å². The zero-order valence-corrected chi connectivity index (χ0v) is 13.7. The second-order valence-corrected chi connectivity index (χ2v) is 5.14. The highest BCUT2D eigenvalue weighted by atomic mass is 16.6. The van der Waals surface area contributed by atoms with Crippen LogP contribution in [-0.4, -0.2) is 25.2 Å². The number of ether oxygens (including phenoxy) is 2. The van der Waals surface area contributed by atoms with Crippen LogP contribution in [0, 0.1) is 5.92 Å². The summed E-state index contributed by atoms with van der Waals surface area (Å²) in [6.07, 6.45) is 2.69. The van der Waals surface area contributed by atoms with Gasteiger partial charge in [0, 0.05) is 5.92 Å². The quantitative estimate of drug-likeness (QED) is 0.515. The maximum atomic E-state index is 12.3. The highest BCUT2D eigenvalue weighted by molar-refractivity contribution is 5.96. The van der Waals surface area contributed by atoms with Crippen LogP contribution < -0.4 is 0 Å². The van der Waals surface area contributed by atoms with Gasteiger partial charge in [0.05, 0.1) is 13.2 Å². The number of rotatable bonds is 9. The van der Waals surface area contributed by atoms with E-state index in [-0.39, 0.29) is 19.1 Å². The van der Waals surface area contributed by atoms with E-state index in [0.717, 1.165) is 24.8 Å². The third-order valence-electron chi connectivity index (χ3n) is 3.58. The number of benzene rings is 1. The molecular weight excluding hydrogens is 280 g/mol. The average molecular weight is 306 g/mol. The maximum Gasteiger partial charge on any atom is 0.320 e. The van der Waals surface area contributed by atoms with Crippen LogP contribution in [-0.2, 0) is 19.1 Å². The van der Waals surface area contributed by atoms with Crippen molar-refractivity contribution < 1.29 is 19.1 Å². The number of hydrogen-bond acceptors (Lipinski definition) is 4. The first-order chi connectivity index (χ1) is 10.7. The van der Waals surface area contributed by atoms with E-state index in [2.05, 4.69) is 6.92 Å². The largest absolute Gasteiger partial charge is 0.465 e. The van der Waals surface area contributed by atoms with Crippen molar-refractivity contribution in [3.8, 4) is 0 Å². The Balaban J connectivity index is 3.11. The minimum absolute atomic E-state index is 0.209. The molecule has 122 valence electrons. The maximum absolute atomic E-state index is 12.3. The first kappa shape index (κ1) is 18.2. The van der Waals surface area contributed by atoms with Gasteiger partial charge in [0.25, 0.3) is 0 Å². The zero-order chi connectivity index (χ0) is 16.4. The third-order valence-corrected chi connectivity index (χ3v) is 3.58. The molecule has 0 fully saturated rings. The second-order valence-electron chi connectivity index (χ2n) is 5.14. The van der Waals surface area contributed by atoms with E-state index in [1.165, 1.54) is 0 Å². The summed E-state index contributed by atoms with van der Waals surface area (Å²) in [7, 11) is 0. The van der Waals surface area contributed by atoms with E-state index in [4.69, 9.17) is 9.47 Å². The molecule has 1 aromatic carbocycles. The summed E-state index contributed by atoms with van der Waals surface area (Å²) >= 11 is 0. The Hall–Kier alpha value is -1.84. The SMILES string of the molecule is CCCC[C@H](c1ccccc1)C(C(=O)OCC)C(=O)OCC. The van der Waals surface area contributed by atoms with Gasteiger partial charge in [0.15, 0.2) is 5.92 Å². The number of carbonyl (C=O) groups excluding carboxylic acids is 2. The second kappa shape index (κ2) is 9.98. The summed E-state index contributed by atoms with van der Waals surface area (Å²) in [5, 5.41) is 0. The molecule has 0 spiro atoms. The van der Waals surface area contributed by atoms with Crippen LogP contribution in [0.5, 0.6) is 0 Å². The van der Waals surface area contributed by atoms with E-state index in [9.17, 15) is 9.59 Å². The van der Waals surface area contributed by atoms with Crippen molar-refractivity contribution in [2.24, 2.45) is 5.92 Å². The Labute approximate surface area is 132 Å². The predicted octanol–water partition coefficient (Wildman–Crippen LogP) is 3.70. The minimum Gasteiger partial charge on any atom is -0.465 e. The zero-order valence-electron chi connectivity index (χ0n) is 13.7. The fourth-order valence-corrected chi connectivity index (χ4v) is 2.54. The number of hydrogen-bond donors (Lipinski definition) is 0. The van der Waals surface area contributed by atoms with Gasteiger partial charge in [-0.2, -0.15) is 0 Å². The van der Waals surface area contributed by atoms with E-state index >= 15 is 0 Å². The molecule has 0 aliphatic carbocycles. The van der Waals surface area contributed by atoms with Crippen LogP contribution in [0.1, 0.15) is 51.5 Å². The highest BCUT2D eigenvalue weighted by Crippen LogP contribution is 2.32. The standard InChI is InChI=1S/C18H26O4/c1-4-7-13-15(14-11-9-8-10-12-14)16(17(19)21-5-2)18(20)22-6-3/h8-12,15-16H,4-7,13H2,1-3H3/t15-/m1/s1. The van der Waals surface area contributed by atoms with Crippen LogP contribution in [0.4, 0.5) is 0 Å². The van der Waals surface area contributed by atoms with Crippen molar-refractivity contribution in [1.82, 2.24) is 0 Å². The van der Waals surface area contributed by atoms with E-state index in [1.54, 1.807) is 13.8 Å². The molecule has 1 atom stereocenters. The summed E-state index contributed by atoms with van der Waals surface area (Å²) in [5.74, 6) is -2.09. The highest BCUT2D eigenvalue weighted by Gasteiger charge is 2.37. The molecule has 0 aromatic heterocycles. The summed E-state index contributed by atoms with van der Waals surface area (Å²) in [6, 6.07) is 9.66. The molecule has 1 aromatic rings. The molecule has 0 amide bonds. The van der Waals surface area contributed by atoms with Crippen molar-refractivity contribution in [2.45, 2.75) is 46.0 Å². The van der Waals surface area contributed by atoms with Gasteiger partial charge >= 0.3 is 11.9 Å². The molecule has 0 N–H and O–H groups in total. The van der Waals surface area contributed by atoms with Gasteiger partial charge in [-0.05, 0) is 25.8 Å². The van der Waals surface area contributed by atoms with Crippen LogP contribution in [0.15, 0.2) is 30.3 Å². The van der Waals surface area contributed by atoms with Gasteiger partial charge < -0.3 is 9.47 Å². The summed E-state index contributed by atoms with van der Waals surface area (Å²) < 4.78 is 10.2. The molecule has 0 unspecified atom stereocenters. The summed E-state index contributed by atoms with van der Waals surface area (Å²) in [6.45, 7) is 6.08. The Morgan fingerprint density at radius 2 is 1.50 bits per heavy atom. The fraction of sp³-hybridized carbons (Fsp3) is 0.556. The smallest absolute Gasteiger partial charge is 0.320 e. The first-order valence-corrected chi connectivity index (χ1v) is 8.03. The van der Waals surface area contributed by atoms with Crippen molar-refractivity contribution in [3.63, 3.8) is 0 Å². The predicted molar refractivity (Wildman–Crippen MR) is 85.5 cm³/mol. The Kier molecular flexibility index (Phi) is 8.26. The molecule has 0 radical (unpaired) electrons. The molecule has 0 saturated carbocycles. The van der Waals surface area contributed by atoms with Crippen molar-refractivity contribution >= 4 is 11.9 Å². The Morgan fingerprint density at radius 3 is 1.95 bits per heavy atom. The van der Waals surface area contributed by atoms with Gasteiger partial charge in [0.2, 0.25) is 0 Å². The topological polar surface area (TPSA) is 52.6 Å². The number of unbranched alkanes of at least 4 members (excludes halogenated alkanes) is 1. The Morgan fingerprint density at radius 1 is 0.955 bits per heavy atom. The lowest BCUT2D eigenvalue weighted by Crippen LogP contribution is -2.33. The van der Waals surface area contributed by atoms with Gasteiger partial charge in [0.1, 0.15) is 0 Å². The lowest BCUT2D eigenvalue weighted by Gasteiger charge is -2.24. The molecule has 0 aliphatic heterocycles. The molecule has 0 heterocycles. The van der Waals surface area contributed by atoms with Crippen LogP contribution >= 0.6 is 0 Å². The van der Waals surface area contributed by atoms with E-state index in [0.29, 0.717) is 0 Å². The molecular formula is C18H26O4. The van der Waals surface area contributed by atoms with Crippen molar-refractivity contribution in [3.05, 3.63) is 35.9 Å². The normalized spacial score (nSPS) is 12.0. The molecule has 0 aliphatic rings. The minimum atomic E-state index is -0.895. The number of esters is 2. The molecule has 4 heteroatoms. The summed E-state index contributed by atoms with van der Waals surface area (Å²) in [4.78, 5) is 24.6. The van der Waals surface area contributed by atoms with Gasteiger partial charge in [-0.3, -0.25) is 9.59 Å². The fourth-order valence-electron chi connectivity index (χ4n) is 2.54.